The molecule has 2 aromatic carbocycles. The van der Waals surface area contributed by atoms with Gasteiger partial charge in [0.25, 0.3) is 5.91 Å². The fourth-order valence-corrected chi connectivity index (χ4v) is 3.17. The van der Waals surface area contributed by atoms with Gasteiger partial charge in [-0.3, -0.25) is 4.79 Å². The van der Waals surface area contributed by atoms with E-state index < -0.39 is 0 Å². The van der Waals surface area contributed by atoms with Crippen molar-refractivity contribution >= 4 is 21.8 Å². The SMILES string of the molecule is CCOCCOCc1cccc(CNC(=O)c2ccc(Oc3cccc(Br)c3)nc2)c1. The highest BCUT2D eigenvalue weighted by atomic mass is 79.9. The highest BCUT2D eigenvalue weighted by Gasteiger charge is 2.08. The van der Waals surface area contributed by atoms with Crippen molar-refractivity contribution in [1.29, 1.82) is 0 Å². The fourth-order valence-electron chi connectivity index (χ4n) is 2.79. The summed E-state index contributed by atoms with van der Waals surface area (Å²) in [6, 6.07) is 18.8. The van der Waals surface area contributed by atoms with Crippen molar-refractivity contribution in [1.82, 2.24) is 10.3 Å². The van der Waals surface area contributed by atoms with E-state index in [1.54, 1.807) is 12.1 Å². The lowest BCUT2D eigenvalue weighted by atomic mass is 10.1. The molecule has 6 nitrogen and oxygen atoms in total. The van der Waals surface area contributed by atoms with E-state index in [4.69, 9.17) is 14.2 Å². The Balaban J connectivity index is 1.48. The van der Waals surface area contributed by atoms with Crippen LogP contribution in [0, 0.1) is 0 Å². The lowest BCUT2D eigenvalue weighted by Gasteiger charge is -2.09. The first-order chi connectivity index (χ1) is 15.1. The molecular formula is C24H25BrN2O4. The molecule has 0 fully saturated rings. The van der Waals surface area contributed by atoms with Crippen LogP contribution in [-0.4, -0.2) is 30.7 Å². The first-order valence-electron chi connectivity index (χ1n) is 10.0. The number of halogens is 1. The van der Waals surface area contributed by atoms with Gasteiger partial charge in [0.15, 0.2) is 0 Å². The normalized spacial score (nSPS) is 10.6. The summed E-state index contributed by atoms with van der Waals surface area (Å²) in [5.41, 5.74) is 2.53. The third kappa shape index (κ3) is 7.79. The average molecular weight is 485 g/mol. The zero-order valence-electron chi connectivity index (χ0n) is 17.3. The Morgan fingerprint density at radius 2 is 1.81 bits per heavy atom. The molecule has 1 heterocycles. The maximum Gasteiger partial charge on any atom is 0.253 e. The van der Waals surface area contributed by atoms with Crippen LogP contribution in [0.4, 0.5) is 0 Å². The predicted octanol–water partition coefficient (Wildman–Crippen LogP) is 5.12. The molecule has 1 amide bonds. The molecule has 3 aromatic rings. The zero-order valence-corrected chi connectivity index (χ0v) is 18.9. The molecule has 162 valence electrons. The van der Waals surface area contributed by atoms with Crippen molar-refractivity contribution in [3.63, 3.8) is 0 Å². The molecule has 1 aromatic heterocycles. The van der Waals surface area contributed by atoms with Crippen LogP contribution in [-0.2, 0) is 22.6 Å². The first kappa shape index (κ1) is 22.9. The van der Waals surface area contributed by atoms with E-state index in [2.05, 4.69) is 26.2 Å². The second kappa shape index (κ2) is 12.2. The minimum atomic E-state index is -0.195. The number of nitrogens with zero attached hydrogens (tertiary/aromatic N) is 1. The summed E-state index contributed by atoms with van der Waals surface area (Å²) < 4.78 is 17.5. The van der Waals surface area contributed by atoms with Crippen molar-refractivity contribution in [3.8, 4) is 11.6 Å². The average Bonchev–Trinajstić information content (AvgIpc) is 2.78. The van der Waals surface area contributed by atoms with Gasteiger partial charge in [0, 0.05) is 29.9 Å². The van der Waals surface area contributed by atoms with E-state index >= 15 is 0 Å². The molecule has 0 atom stereocenters. The number of nitrogens with one attached hydrogen (secondary N) is 1. The Morgan fingerprint density at radius 3 is 2.58 bits per heavy atom. The molecule has 0 saturated carbocycles. The summed E-state index contributed by atoms with van der Waals surface area (Å²) in [6.07, 6.45) is 1.51. The van der Waals surface area contributed by atoms with Gasteiger partial charge in [-0.25, -0.2) is 4.98 Å². The summed E-state index contributed by atoms with van der Waals surface area (Å²) in [5.74, 6) is 0.896. The summed E-state index contributed by atoms with van der Waals surface area (Å²) in [5, 5.41) is 2.92. The number of carbonyl (C=O) groups is 1. The van der Waals surface area contributed by atoms with E-state index in [9.17, 15) is 4.79 Å². The topological polar surface area (TPSA) is 69.7 Å². The van der Waals surface area contributed by atoms with Crippen LogP contribution in [0.5, 0.6) is 11.6 Å². The van der Waals surface area contributed by atoms with Gasteiger partial charge >= 0.3 is 0 Å². The van der Waals surface area contributed by atoms with E-state index in [1.165, 1.54) is 6.20 Å². The quantitative estimate of drug-likeness (QED) is 0.382. The lowest BCUT2D eigenvalue weighted by molar-refractivity contribution is 0.0453. The number of hydrogen-bond donors (Lipinski definition) is 1. The van der Waals surface area contributed by atoms with Crippen LogP contribution in [0.25, 0.3) is 0 Å². The minimum Gasteiger partial charge on any atom is -0.439 e. The van der Waals surface area contributed by atoms with Crippen LogP contribution in [0.15, 0.2) is 71.3 Å². The van der Waals surface area contributed by atoms with Gasteiger partial charge in [-0.2, -0.15) is 0 Å². The van der Waals surface area contributed by atoms with Gasteiger partial charge in [0.1, 0.15) is 5.75 Å². The molecule has 0 spiro atoms. The van der Waals surface area contributed by atoms with Crippen LogP contribution < -0.4 is 10.1 Å². The molecule has 0 radical (unpaired) electrons. The summed E-state index contributed by atoms with van der Waals surface area (Å²) in [7, 11) is 0. The Morgan fingerprint density at radius 1 is 1.00 bits per heavy atom. The molecule has 31 heavy (non-hydrogen) atoms. The molecule has 0 aliphatic heterocycles. The highest BCUT2D eigenvalue weighted by molar-refractivity contribution is 9.10. The number of ether oxygens (including phenoxy) is 3. The monoisotopic (exact) mass is 484 g/mol. The molecule has 3 rings (SSSR count). The fraction of sp³-hybridized carbons (Fsp3) is 0.250. The maximum atomic E-state index is 12.5. The Kier molecular flexibility index (Phi) is 9.02. The number of benzene rings is 2. The van der Waals surface area contributed by atoms with Crippen LogP contribution in [0.3, 0.4) is 0 Å². The van der Waals surface area contributed by atoms with E-state index in [-0.39, 0.29) is 5.91 Å². The standard InChI is InChI=1S/C24H25BrN2O4/c1-2-29-11-12-30-17-19-6-3-5-18(13-19)15-27-24(28)20-9-10-23(26-16-20)31-22-8-4-7-21(25)14-22/h3-10,13-14,16H,2,11-12,15,17H2,1H3,(H,27,28). The number of aromatic nitrogens is 1. The number of amides is 1. The van der Waals surface area contributed by atoms with Gasteiger partial charge < -0.3 is 19.5 Å². The van der Waals surface area contributed by atoms with Crippen molar-refractivity contribution in [2.45, 2.75) is 20.1 Å². The van der Waals surface area contributed by atoms with Crippen LogP contribution in [0.2, 0.25) is 0 Å². The van der Waals surface area contributed by atoms with Crippen molar-refractivity contribution in [2.24, 2.45) is 0 Å². The van der Waals surface area contributed by atoms with E-state index in [0.29, 0.717) is 50.2 Å². The number of pyridine rings is 1. The largest absolute Gasteiger partial charge is 0.439 e. The molecule has 0 unspecified atom stereocenters. The minimum absolute atomic E-state index is 0.195. The highest BCUT2D eigenvalue weighted by Crippen LogP contribution is 2.23. The zero-order chi connectivity index (χ0) is 21.9. The third-order valence-electron chi connectivity index (χ3n) is 4.31. The predicted molar refractivity (Wildman–Crippen MR) is 122 cm³/mol. The van der Waals surface area contributed by atoms with E-state index in [1.807, 2.05) is 55.5 Å². The van der Waals surface area contributed by atoms with Crippen molar-refractivity contribution in [2.75, 3.05) is 19.8 Å². The van der Waals surface area contributed by atoms with Crippen molar-refractivity contribution < 1.29 is 19.0 Å². The maximum absolute atomic E-state index is 12.5. The van der Waals surface area contributed by atoms with Gasteiger partial charge in [0.05, 0.1) is 25.4 Å². The molecule has 1 N–H and O–H groups in total. The number of rotatable bonds is 11. The van der Waals surface area contributed by atoms with Gasteiger partial charge in [-0.1, -0.05) is 46.3 Å². The lowest BCUT2D eigenvalue weighted by Crippen LogP contribution is -2.23. The summed E-state index contributed by atoms with van der Waals surface area (Å²) >= 11 is 3.40. The number of carbonyl (C=O) groups excluding carboxylic acids is 1. The summed E-state index contributed by atoms with van der Waals surface area (Å²) in [6.45, 7) is 4.73. The number of hydrogen-bond acceptors (Lipinski definition) is 5. The van der Waals surface area contributed by atoms with Crippen molar-refractivity contribution in [3.05, 3.63) is 88.0 Å². The molecule has 0 aliphatic carbocycles. The third-order valence-corrected chi connectivity index (χ3v) is 4.80. The Hall–Kier alpha value is -2.74. The molecule has 7 heteroatoms. The van der Waals surface area contributed by atoms with Gasteiger partial charge in [-0.15, -0.1) is 0 Å². The molecular weight excluding hydrogens is 460 g/mol. The first-order valence-corrected chi connectivity index (χ1v) is 10.8. The molecule has 0 bridgehead atoms. The Bertz CT molecular complexity index is 979. The molecule has 0 saturated heterocycles. The second-order valence-corrected chi connectivity index (χ2v) is 7.61. The Labute approximate surface area is 190 Å². The second-order valence-electron chi connectivity index (χ2n) is 6.70. The smallest absolute Gasteiger partial charge is 0.253 e. The van der Waals surface area contributed by atoms with E-state index in [0.717, 1.165) is 15.6 Å². The summed E-state index contributed by atoms with van der Waals surface area (Å²) in [4.78, 5) is 16.7. The van der Waals surface area contributed by atoms with Crippen LogP contribution >= 0.6 is 15.9 Å². The van der Waals surface area contributed by atoms with Gasteiger partial charge in [-0.05, 0) is 42.3 Å². The van der Waals surface area contributed by atoms with Crippen LogP contribution in [0.1, 0.15) is 28.4 Å². The molecule has 0 aliphatic rings. The van der Waals surface area contributed by atoms with Gasteiger partial charge in [0.2, 0.25) is 5.88 Å².